The highest BCUT2D eigenvalue weighted by Crippen LogP contribution is 2.24. The van der Waals surface area contributed by atoms with E-state index in [1.165, 1.54) is 0 Å². The number of anilines is 1. The van der Waals surface area contributed by atoms with E-state index >= 15 is 0 Å². The Bertz CT molecular complexity index is 466. The smallest absolute Gasteiger partial charge is 0.325 e. The van der Waals surface area contributed by atoms with Crippen LogP contribution in [0.1, 0.15) is 18.1 Å². The quantitative estimate of drug-likeness (QED) is 0.837. The van der Waals surface area contributed by atoms with Crippen molar-refractivity contribution in [3.8, 4) is 6.07 Å². The van der Waals surface area contributed by atoms with Gasteiger partial charge in [-0.3, -0.25) is 4.79 Å². The van der Waals surface area contributed by atoms with Crippen LogP contribution < -0.4 is 5.32 Å². The van der Waals surface area contributed by atoms with Gasteiger partial charge in [-0.1, -0.05) is 11.6 Å². The molecule has 0 aromatic heterocycles. The number of halogens is 1. The Kier molecular flexibility index (Phi) is 4.80. The first-order valence-electron chi connectivity index (χ1n) is 5.18. The second-order valence-corrected chi connectivity index (χ2v) is 3.82. The van der Waals surface area contributed by atoms with Crippen LogP contribution in [0.25, 0.3) is 0 Å². The van der Waals surface area contributed by atoms with E-state index in [1.807, 2.05) is 13.0 Å². The Morgan fingerprint density at radius 3 is 2.88 bits per heavy atom. The second kappa shape index (κ2) is 6.12. The molecule has 0 saturated heterocycles. The number of benzene rings is 1. The topological polar surface area (TPSA) is 62.1 Å². The van der Waals surface area contributed by atoms with Crippen LogP contribution in [0.15, 0.2) is 12.1 Å². The molecule has 0 fully saturated rings. The zero-order chi connectivity index (χ0) is 12.8. The summed E-state index contributed by atoms with van der Waals surface area (Å²) in [5.74, 6) is -0.357. The van der Waals surface area contributed by atoms with Crippen LogP contribution in [0, 0.1) is 18.3 Å². The van der Waals surface area contributed by atoms with Gasteiger partial charge in [-0.2, -0.15) is 5.26 Å². The Labute approximate surface area is 105 Å². The standard InChI is InChI=1S/C12H13ClN2O2/c1-3-17-12(16)7-15-11-4-8(2)10(13)5-9(11)6-14/h4-5,15H,3,7H2,1-2H3. The van der Waals surface area contributed by atoms with Crippen LogP contribution in [0.4, 0.5) is 5.69 Å². The first kappa shape index (κ1) is 13.3. The normalized spacial score (nSPS) is 9.53. The Morgan fingerprint density at radius 1 is 1.59 bits per heavy atom. The SMILES string of the molecule is CCOC(=O)CNc1cc(C)c(Cl)cc1C#N. The summed E-state index contributed by atoms with van der Waals surface area (Å²) in [6.07, 6.45) is 0. The van der Waals surface area contributed by atoms with Gasteiger partial charge in [-0.25, -0.2) is 0 Å². The molecule has 0 bridgehead atoms. The fourth-order valence-corrected chi connectivity index (χ4v) is 1.46. The summed E-state index contributed by atoms with van der Waals surface area (Å²) in [6, 6.07) is 5.33. The molecular formula is C12H13ClN2O2. The summed E-state index contributed by atoms with van der Waals surface area (Å²) in [4.78, 5) is 11.2. The minimum atomic E-state index is -0.357. The summed E-state index contributed by atoms with van der Waals surface area (Å²) in [7, 11) is 0. The van der Waals surface area contributed by atoms with Gasteiger partial charge < -0.3 is 10.1 Å². The number of carbonyl (C=O) groups is 1. The van der Waals surface area contributed by atoms with Crippen molar-refractivity contribution >= 4 is 23.3 Å². The third-order valence-corrected chi connectivity index (χ3v) is 2.55. The van der Waals surface area contributed by atoms with E-state index in [-0.39, 0.29) is 12.5 Å². The fourth-order valence-electron chi connectivity index (χ4n) is 1.30. The molecule has 1 rings (SSSR count). The highest BCUT2D eigenvalue weighted by molar-refractivity contribution is 6.31. The van der Waals surface area contributed by atoms with Crippen molar-refractivity contribution in [2.24, 2.45) is 0 Å². The molecule has 0 unspecified atom stereocenters. The molecule has 1 aromatic carbocycles. The fraction of sp³-hybridized carbons (Fsp3) is 0.333. The van der Waals surface area contributed by atoms with E-state index in [9.17, 15) is 4.79 Å². The summed E-state index contributed by atoms with van der Waals surface area (Å²) >= 11 is 5.91. The van der Waals surface area contributed by atoms with Gasteiger partial charge in [0.15, 0.2) is 0 Å². The molecular weight excluding hydrogens is 240 g/mol. The van der Waals surface area contributed by atoms with Crippen LogP contribution in [-0.2, 0) is 9.53 Å². The zero-order valence-electron chi connectivity index (χ0n) is 9.71. The Morgan fingerprint density at radius 2 is 2.29 bits per heavy atom. The third-order valence-electron chi connectivity index (χ3n) is 2.15. The number of hydrogen-bond acceptors (Lipinski definition) is 4. The number of ether oxygens (including phenoxy) is 1. The van der Waals surface area contributed by atoms with Gasteiger partial charge in [0.25, 0.3) is 0 Å². The number of hydrogen-bond donors (Lipinski definition) is 1. The highest BCUT2D eigenvalue weighted by Gasteiger charge is 2.08. The maximum Gasteiger partial charge on any atom is 0.325 e. The third kappa shape index (κ3) is 3.65. The number of nitrogens with zero attached hydrogens (tertiary/aromatic N) is 1. The van der Waals surface area contributed by atoms with Gasteiger partial charge >= 0.3 is 5.97 Å². The lowest BCUT2D eigenvalue weighted by atomic mass is 10.1. The molecule has 1 N–H and O–H groups in total. The van der Waals surface area contributed by atoms with Crippen molar-refractivity contribution in [1.29, 1.82) is 5.26 Å². The maximum atomic E-state index is 11.2. The number of nitriles is 1. The molecule has 1 aromatic rings. The van der Waals surface area contributed by atoms with Crippen LogP contribution in [0.3, 0.4) is 0 Å². The van der Waals surface area contributed by atoms with Crippen molar-refractivity contribution in [1.82, 2.24) is 0 Å². The molecule has 0 heterocycles. The number of aryl methyl sites for hydroxylation is 1. The molecule has 0 aliphatic rings. The van der Waals surface area contributed by atoms with Gasteiger partial charge in [0.2, 0.25) is 0 Å². The molecule has 17 heavy (non-hydrogen) atoms. The molecule has 0 amide bonds. The van der Waals surface area contributed by atoms with E-state index in [2.05, 4.69) is 5.32 Å². The van der Waals surface area contributed by atoms with Crippen LogP contribution in [0.5, 0.6) is 0 Å². The molecule has 0 radical (unpaired) electrons. The van der Waals surface area contributed by atoms with Gasteiger partial charge in [0.1, 0.15) is 12.6 Å². The zero-order valence-corrected chi connectivity index (χ0v) is 10.5. The molecule has 0 saturated carbocycles. The maximum absolute atomic E-state index is 11.2. The minimum absolute atomic E-state index is 0.0313. The van der Waals surface area contributed by atoms with Crippen LogP contribution in [0.2, 0.25) is 5.02 Å². The Hall–Kier alpha value is -1.73. The highest BCUT2D eigenvalue weighted by atomic mass is 35.5. The van der Waals surface area contributed by atoms with Crippen molar-refractivity contribution in [2.45, 2.75) is 13.8 Å². The van der Waals surface area contributed by atoms with Crippen LogP contribution >= 0.6 is 11.6 Å². The summed E-state index contributed by atoms with van der Waals surface area (Å²) in [5.41, 5.74) is 1.84. The van der Waals surface area contributed by atoms with Gasteiger partial charge in [0, 0.05) is 5.02 Å². The number of nitrogens with one attached hydrogen (secondary N) is 1. The first-order valence-corrected chi connectivity index (χ1v) is 5.56. The second-order valence-electron chi connectivity index (χ2n) is 3.42. The predicted octanol–water partition coefficient (Wildman–Crippen LogP) is 2.50. The molecule has 5 heteroatoms. The van der Waals surface area contributed by atoms with Crippen molar-refractivity contribution in [3.63, 3.8) is 0 Å². The first-order chi connectivity index (χ1) is 8.08. The molecule has 0 atom stereocenters. The average Bonchev–Trinajstić information content (AvgIpc) is 2.30. The van der Waals surface area contributed by atoms with Gasteiger partial charge in [0.05, 0.1) is 17.9 Å². The number of carbonyl (C=O) groups excluding carboxylic acids is 1. The van der Waals surface area contributed by atoms with E-state index < -0.39 is 0 Å². The molecule has 4 nitrogen and oxygen atoms in total. The van der Waals surface area contributed by atoms with E-state index in [1.54, 1.807) is 19.1 Å². The lowest BCUT2D eigenvalue weighted by Gasteiger charge is -2.09. The summed E-state index contributed by atoms with van der Waals surface area (Å²) < 4.78 is 4.78. The van der Waals surface area contributed by atoms with Crippen molar-refractivity contribution in [3.05, 3.63) is 28.3 Å². The molecule has 0 spiro atoms. The summed E-state index contributed by atoms with van der Waals surface area (Å²) in [6.45, 7) is 3.94. The van der Waals surface area contributed by atoms with E-state index in [0.717, 1.165) is 5.56 Å². The molecule has 90 valence electrons. The van der Waals surface area contributed by atoms with Gasteiger partial charge in [-0.15, -0.1) is 0 Å². The average molecular weight is 253 g/mol. The van der Waals surface area contributed by atoms with Crippen molar-refractivity contribution in [2.75, 3.05) is 18.5 Å². The molecule has 0 aliphatic carbocycles. The Balaban J connectivity index is 2.81. The van der Waals surface area contributed by atoms with E-state index in [0.29, 0.717) is 22.9 Å². The van der Waals surface area contributed by atoms with E-state index in [4.69, 9.17) is 21.6 Å². The van der Waals surface area contributed by atoms with Crippen molar-refractivity contribution < 1.29 is 9.53 Å². The minimum Gasteiger partial charge on any atom is -0.465 e. The largest absolute Gasteiger partial charge is 0.465 e. The van der Waals surface area contributed by atoms with Gasteiger partial charge in [-0.05, 0) is 31.5 Å². The monoisotopic (exact) mass is 252 g/mol. The predicted molar refractivity (Wildman–Crippen MR) is 66.0 cm³/mol. The summed E-state index contributed by atoms with van der Waals surface area (Å²) in [5, 5.41) is 12.3. The van der Waals surface area contributed by atoms with Crippen LogP contribution in [-0.4, -0.2) is 19.1 Å². The lowest BCUT2D eigenvalue weighted by molar-refractivity contribution is -0.140. The lowest BCUT2D eigenvalue weighted by Crippen LogP contribution is -2.17. The molecule has 0 aliphatic heterocycles. The number of esters is 1. The number of rotatable bonds is 4.